The summed E-state index contributed by atoms with van der Waals surface area (Å²) < 4.78 is 0. The molecule has 3 amide bonds. The molecule has 2 N–H and O–H groups in total. The van der Waals surface area contributed by atoms with E-state index in [9.17, 15) is 14.4 Å². The number of ketones is 1. The predicted molar refractivity (Wildman–Crippen MR) is 109 cm³/mol. The first-order valence-corrected chi connectivity index (χ1v) is 9.65. The number of nitrogens with zero attached hydrogens (tertiary/aromatic N) is 1. The zero-order valence-corrected chi connectivity index (χ0v) is 15.7. The maximum atomic E-state index is 12.8. The Balaban J connectivity index is 1.53. The minimum Gasteiger partial charge on any atom is -0.336 e. The molecule has 3 aromatic rings. The quantitative estimate of drug-likeness (QED) is 0.650. The zero-order valence-electron chi connectivity index (χ0n) is 14.8. The van der Waals surface area contributed by atoms with Crippen LogP contribution >= 0.6 is 11.3 Å². The van der Waals surface area contributed by atoms with E-state index in [-0.39, 0.29) is 17.7 Å². The van der Waals surface area contributed by atoms with E-state index in [1.807, 2.05) is 11.4 Å². The number of carbonyl (C=O) groups excluding carboxylic acids is 3. The minimum atomic E-state index is -0.354. The molecule has 1 aliphatic rings. The maximum Gasteiger partial charge on any atom is 0.321 e. The fraction of sp³-hybridized carbons (Fsp3) is 0.0952. The number of carbonyl (C=O) groups is 3. The molecule has 0 aliphatic carbocycles. The topological polar surface area (TPSA) is 78.5 Å². The molecule has 6 nitrogen and oxygen atoms in total. The Morgan fingerprint density at radius 1 is 0.964 bits per heavy atom. The molecule has 1 fully saturated rings. The number of anilines is 2. The normalized spacial score (nSPS) is 13.3. The van der Waals surface area contributed by atoms with Crippen molar-refractivity contribution in [1.29, 1.82) is 0 Å². The van der Waals surface area contributed by atoms with Gasteiger partial charge in [0.15, 0.2) is 0 Å². The van der Waals surface area contributed by atoms with Crippen molar-refractivity contribution in [3.63, 3.8) is 0 Å². The van der Waals surface area contributed by atoms with Crippen LogP contribution in [0.5, 0.6) is 0 Å². The second-order valence-electron chi connectivity index (χ2n) is 6.24. The second-order valence-corrected chi connectivity index (χ2v) is 7.18. The van der Waals surface area contributed by atoms with Crippen LogP contribution in [0.25, 0.3) is 0 Å². The highest BCUT2D eigenvalue weighted by molar-refractivity contribution is 7.12. The Kier molecular flexibility index (Phi) is 4.90. The standard InChI is InChI=1S/C21H17N3O3S/c25-19(18-6-3-13-28-18)16-4-1-2-5-17(16)20(26)23-14-7-9-15(10-8-14)24-12-11-22-21(24)27/h1-10,13H,11-12H2,(H,22,27)(H,23,26). The van der Waals surface area contributed by atoms with Crippen molar-refractivity contribution in [3.8, 4) is 0 Å². The largest absolute Gasteiger partial charge is 0.336 e. The molecular weight excluding hydrogens is 374 g/mol. The van der Waals surface area contributed by atoms with E-state index in [0.717, 1.165) is 5.69 Å². The second kappa shape index (κ2) is 7.66. The molecule has 0 saturated carbocycles. The summed E-state index contributed by atoms with van der Waals surface area (Å²) in [4.78, 5) is 39.4. The van der Waals surface area contributed by atoms with Crippen molar-refractivity contribution in [2.24, 2.45) is 0 Å². The average Bonchev–Trinajstić information content (AvgIpc) is 3.40. The minimum absolute atomic E-state index is 0.127. The number of hydrogen-bond acceptors (Lipinski definition) is 4. The van der Waals surface area contributed by atoms with Gasteiger partial charge in [-0.2, -0.15) is 0 Å². The monoisotopic (exact) mass is 391 g/mol. The number of rotatable bonds is 5. The van der Waals surface area contributed by atoms with Crippen LogP contribution in [-0.2, 0) is 0 Å². The van der Waals surface area contributed by atoms with Gasteiger partial charge < -0.3 is 10.6 Å². The third-order valence-corrected chi connectivity index (χ3v) is 5.32. The van der Waals surface area contributed by atoms with Crippen LogP contribution in [0.2, 0.25) is 0 Å². The lowest BCUT2D eigenvalue weighted by Gasteiger charge is -2.15. The van der Waals surface area contributed by atoms with Gasteiger partial charge in [0.25, 0.3) is 5.91 Å². The Bertz CT molecular complexity index is 1030. The first-order valence-electron chi connectivity index (χ1n) is 8.77. The van der Waals surface area contributed by atoms with Gasteiger partial charge in [0, 0.05) is 30.0 Å². The van der Waals surface area contributed by atoms with Crippen molar-refractivity contribution in [2.75, 3.05) is 23.3 Å². The molecule has 0 bridgehead atoms. The first kappa shape index (κ1) is 17.9. The van der Waals surface area contributed by atoms with E-state index in [2.05, 4.69) is 10.6 Å². The van der Waals surface area contributed by atoms with E-state index < -0.39 is 0 Å². The van der Waals surface area contributed by atoms with Gasteiger partial charge in [-0.05, 0) is 41.8 Å². The van der Waals surface area contributed by atoms with Crippen LogP contribution < -0.4 is 15.5 Å². The number of hydrogen-bond donors (Lipinski definition) is 2. The molecule has 1 saturated heterocycles. The summed E-state index contributed by atoms with van der Waals surface area (Å²) >= 11 is 1.35. The lowest BCUT2D eigenvalue weighted by atomic mass is 10.0. The highest BCUT2D eigenvalue weighted by Crippen LogP contribution is 2.22. The van der Waals surface area contributed by atoms with E-state index >= 15 is 0 Å². The van der Waals surface area contributed by atoms with Crippen LogP contribution in [0.3, 0.4) is 0 Å². The Hall–Kier alpha value is -3.45. The highest BCUT2D eigenvalue weighted by atomic mass is 32.1. The van der Waals surface area contributed by atoms with Crippen LogP contribution in [0.4, 0.5) is 16.2 Å². The van der Waals surface area contributed by atoms with E-state index in [0.29, 0.717) is 34.8 Å². The van der Waals surface area contributed by atoms with Gasteiger partial charge >= 0.3 is 6.03 Å². The zero-order chi connectivity index (χ0) is 19.5. The summed E-state index contributed by atoms with van der Waals surface area (Å²) in [5.74, 6) is -0.525. The number of benzene rings is 2. The summed E-state index contributed by atoms with van der Waals surface area (Å²) in [5, 5.41) is 7.40. The third-order valence-electron chi connectivity index (χ3n) is 4.45. The fourth-order valence-electron chi connectivity index (χ4n) is 3.06. The number of nitrogens with one attached hydrogen (secondary N) is 2. The summed E-state index contributed by atoms with van der Waals surface area (Å²) in [6, 6.07) is 17.2. The smallest absolute Gasteiger partial charge is 0.321 e. The number of urea groups is 1. The first-order chi connectivity index (χ1) is 13.6. The Morgan fingerprint density at radius 3 is 2.36 bits per heavy atom. The molecule has 28 heavy (non-hydrogen) atoms. The third kappa shape index (κ3) is 3.52. The molecule has 2 heterocycles. The Morgan fingerprint density at radius 2 is 1.71 bits per heavy atom. The van der Waals surface area contributed by atoms with Crippen LogP contribution in [0, 0.1) is 0 Å². The van der Waals surface area contributed by atoms with Crippen molar-refractivity contribution in [2.45, 2.75) is 0 Å². The van der Waals surface area contributed by atoms with Gasteiger partial charge in [-0.25, -0.2) is 4.79 Å². The van der Waals surface area contributed by atoms with Crippen LogP contribution in [-0.4, -0.2) is 30.8 Å². The van der Waals surface area contributed by atoms with Crippen molar-refractivity contribution >= 4 is 40.4 Å². The predicted octanol–water partition coefficient (Wildman–Crippen LogP) is 3.76. The molecular formula is C21H17N3O3S. The highest BCUT2D eigenvalue weighted by Gasteiger charge is 2.21. The summed E-state index contributed by atoms with van der Waals surface area (Å²) in [5.41, 5.74) is 2.05. The van der Waals surface area contributed by atoms with Crippen LogP contribution in [0.1, 0.15) is 25.6 Å². The Labute approximate surface area is 165 Å². The maximum absolute atomic E-state index is 12.8. The van der Waals surface area contributed by atoms with Gasteiger partial charge in [-0.15, -0.1) is 11.3 Å². The molecule has 1 aromatic heterocycles. The SMILES string of the molecule is O=C(Nc1ccc(N2CCNC2=O)cc1)c1ccccc1C(=O)c1cccs1. The van der Waals surface area contributed by atoms with Gasteiger partial charge in [0.05, 0.1) is 10.4 Å². The van der Waals surface area contributed by atoms with Gasteiger partial charge in [-0.3, -0.25) is 14.5 Å². The average molecular weight is 391 g/mol. The van der Waals surface area contributed by atoms with Gasteiger partial charge in [0.1, 0.15) is 0 Å². The molecule has 7 heteroatoms. The number of amides is 3. The molecule has 0 spiro atoms. The van der Waals surface area contributed by atoms with Gasteiger partial charge in [-0.1, -0.05) is 24.3 Å². The summed E-state index contributed by atoms with van der Waals surface area (Å²) in [7, 11) is 0. The lowest BCUT2D eigenvalue weighted by molar-refractivity contribution is 0.0998. The molecule has 0 unspecified atom stereocenters. The summed E-state index contributed by atoms with van der Waals surface area (Å²) in [6.07, 6.45) is 0. The van der Waals surface area contributed by atoms with Crippen molar-refractivity contribution in [1.82, 2.24) is 5.32 Å². The molecule has 1 aliphatic heterocycles. The fourth-order valence-corrected chi connectivity index (χ4v) is 3.74. The molecule has 140 valence electrons. The van der Waals surface area contributed by atoms with Crippen LogP contribution in [0.15, 0.2) is 66.0 Å². The van der Waals surface area contributed by atoms with Crippen molar-refractivity contribution < 1.29 is 14.4 Å². The molecule has 0 atom stereocenters. The molecule has 4 rings (SSSR count). The number of thiophene rings is 1. The van der Waals surface area contributed by atoms with Crippen molar-refractivity contribution in [3.05, 3.63) is 82.0 Å². The van der Waals surface area contributed by atoms with E-state index in [4.69, 9.17) is 0 Å². The van der Waals surface area contributed by atoms with E-state index in [1.165, 1.54) is 11.3 Å². The summed E-state index contributed by atoms with van der Waals surface area (Å²) in [6.45, 7) is 1.23. The van der Waals surface area contributed by atoms with E-state index in [1.54, 1.807) is 59.5 Å². The molecule has 2 aromatic carbocycles. The lowest BCUT2D eigenvalue weighted by Crippen LogP contribution is -2.27. The van der Waals surface area contributed by atoms with Gasteiger partial charge in [0.2, 0.25) is 5.78 Å². The molecule has 0 radical (unpaired) electrons.